The maximum atomic E-state index is 10.8. The van der Waals surface area contributed by atoms with Gasteiger partial charge < -0.3 is 9.84 Å². The number of rotatable bonds is 5. The van der Waals surface area contributed by atoms with Crippen molar-refractivity contribution in [1.29, 1.82) is 0 Å². The number of aliphatic hydroxyl groups excluding tert-OH is 1. The van der Waals surface area contributed by atoms with Crippen molar-refractivity contribution in [3.05, 3.63) is 35.9 Å². The minimum atomic E-state index is -0.410. The molecule has 1 aromatic rings. The Bertz CT molecular complexity index is 334. The fourth-order valence-corrected chi connectivity index (χ4v) is 1.52. The zero-order valence-electron chi connectivity index (χ0n) is 9.77. The van der Waals surface area contributed by atoms with Gasteiger partial charge in [0.15, 0.2) is 0 Å². The number of aliphatic hydroxyl groups is 1. The molecule has 0 aliphatic heterocycles. The van der Waals surface area contributed by atoms with Gasteiger partial charge in [-0.3, -0.25) is 4.79 Å². The highest BCUT2D eigenvalue weighted by Gasteiger charge is 2.25. The molecule has 0 spiro atoms. The first-order chi connectivity index (χ1) is 7.56. The molecule has 1 aromatic carbocycles. The lowest BCUT2D eigenvalue weighted by Crippen LogP contribution is -2.31. The van der Waals surface area contributed by atoms with E-state index < -0.39 is 5.41 Å². The lowest BCUT2D eigenvalue weighted by Gasteiger charge is -2.26. The number of carbonyl (C=O) groups excluding carboxylic acids is 1. The molecule has 0 saturated carbocycles. The summed E-state index contributed by atoms with van der Waals surface area (Å²) >= 11 is 0. The third-order valence-electron chi connectivity index (χ3n) is 2.48. The lowest BCUT2D eigenvalue weighted by atomic mass is 9.85. The van der Waals surface area contributed by atoms with E-state index in [9.17, 15) is 9.90 Å². The summed E-state index contributed by atoms with van der Waals surface area (Å²) in [4.78, 5) is 10.8. The van der Waals surface area contributed by atoms with Crippen LogP contribution in [-0.4, -0.2) is 24.3 Å². The molecule has 0 aromatic heterocycles. The normalized spacial score (nSPS) is 14.2. The largest absolute Gasteiger partial charge is 0.465 e. The second-order valence-electron chi connectivity index (χ2n) is 4.41. The van der Waals surface area contributed by atoms with Crippen molar-refractivity contribution < 1.29 is 14.6 Å². The van der Waals surface area contributed by atoms with Crippen molar-refractivity contribution >= 4 is 5.97 Å². The highest BCUT2D eigenvalue weighted by atomic mass is 16.5. The molecule has 0 unspecified atom stereocenters. The first-order valence-corrected chi connectivity index (χ1v) is 5.34. The highest BCUT2D eigenvalue weighted by molar-refractivity contribution is 5.65. The van der Waals surface area contributed by atoms with Crippen molar-refractivity contribution in [1.82, 2.24) is 0 Å². The second kappa shape index (κ2) is 5.66. The minimum absolute atomic E-state index is 0.00479. The van der Waals surface area contributed by atoms with E-state index in [0.29, 0.717) is 6.42 Å². The molecule has 0 radical (unpaired) electrons. The molecule has 3 heteroatoms. The summed E-state index contributed by atoms with van der Waals surface area (Å²) < 4.78 is 4.97. The molecule has 0 fully saturated rings. The van der Waals surface area contributed by atoms with Crippen molar-refractivity contribution in [2.75, 3.05) is 13.2 Å². The fraction of sp³-hybridized carbons (Fsp3) is 0.462. The van der Waals surface area contributed by atoms with Crippen LogP contribution in [0.25, 0.3) is 0 Å². The molecule has 88 valence electrons. The van der Waals surface area contributed by atoms with Gasteiger partial charge in [-0.05, 0) is 12.0 Å². The first-order valence-electron chi connectivity index (χ1n) is 5.34. The van der Waals surface area contributed by atoms with Gasteiger partial charge in [0.25, 0.3) is 0 Å². The van der Waals surface area contributed by atoms with E-state index in [0.717, 1.165) is 5.56 Å². The van der Waals surface area contributed by atoms with Crippen LogP contribution in [0.3, 0.4) is 0 Å². The van der Waals surface area contributed by atoms with Gasteiger partial charge >= 0.3 is 5.97 Å². The van der Waals surface area contributed by atoms with Crippen LogP contribution in [0.4, 0.5) is 0 Å². The Labute approximate surface area is 96.1 Å². The van der Waals surface area contributed by atoms with E-state index in [-0.39, 0.29) is 19.2 Å². The molecule has 3 nitrogen and oxygen atoms in total. The Balaban J connectivity index is 2.62. The van der Waals surface area contributed by atoms with E-state index in [1.165, 1.54) is 6.92 Å². The summed E-state index contributed by atoms with van der Waals surface area (Å²) in [7, 11) is 0. The third kappa shape index (κ3) is 4.03. The molecule has 16 heavy (non-hydrogen) atoms. The van der Waals surface area contributed by atoms with Gasteiger partial charge in [-0.25, -0.2) is 0 Å². The van der Waals surface area contributed by atoms with Crippen LogP contribution in [-0.2, 0) is 16.0 Å². The lowest BCUT2D eigenvalue weighted by molar-refractivity contribution is -0.145. The zero-order chi connectivity index (χ0) is 12.0. The van der Waals surface area contributed by atoms with Crippen molar-refractivity contribution in [2.24, 2.45) is 5.41 Å². The van der Waals surface area contributed by atoms with Crippen LogP contribution < -0.4 is 0 Å². The Morgan fingerprint density at radius 2 is 2.00 bits per heavy atom. The van der Waals surface area contributed by atoms with Gasteiger partial charge in [-0.15, -0.1) is 0 Å². The molecular formula is C13H18O3. The molecular weight excluding hydrogens is 204 g/mol. The molecule has 0 heterocycles. The third-order valence-corrected chi connectivity index (χ3v) is 2.48. The molecule has 0 saturated heterocycles. The van der Waals surface area contributed by atoms with E-state index in [1.54, 1.807) is 0 Å². The van der Waals surface area contributed by atoms with Gasteiger partial charge in [-0.2, -0.15) is 0 Å². The van der Waals surface area contributed by atoms with Crippen molar-refractivity contribution in [3.8, 4) is 0 Å². The van der Waals surface area contributed by atoms with Crippen molar-refractivity contribution in [2.45, 2.75) is 20.3 Å². The van der Waals surface area contributed by atoms with Crippen LogP contribution in [0.2, 0.25) is 0 Å². The first kappa shape index (κ1) is 12.7. The van der Waals surface area contributed by atoms with Crippen molar-refractivity contribution in [3.63, 3.8) is 0 Å². The van der Waals surface area contributed by atoms with E-state index in [4.69, 9.17) is 4.74 Å². The average molecular weight is 222 g/mol. The number of hydrogen-bond donors (Lipinski definition) is 1. The molecule has 0 aliphatic rings. The predicted molar refractivity (Wildman–Crippen MR) is 62.0 cm³/mol. The highest BCUT2D eigenvalue weighted by Crippen LogP contribution is 2.22. The maximum absolute atomic E-state index is 10.8. The fourth-order valence-electron chi connectivity index (χ4n) is 1.52. The van der Waals surface area contributed by atoms with Crippen LogP contribution in [0.1, 0.15) is 19.4 Å². The van der Waals surface area contributed by atoms with Gasteiger partial charge in [0, 0.05) is 12.3 Å². The van der Waals surface area contributed by atoms with E-state index in [2.05, 4.69) is 0 Å². The summed E-state index contributed by atoms with van der Waals surface area (Å²) in [5, 5.41) is 9.37. The van der Waals surface area contributed by atoms with Gasteiger partial charge in [0.05, 0.1) is 13.2 Å². The minimum Gasteiger partial charge on any atom is -0.465 e. The zero-order valence-corrected chi connectivity index (χ0v) is 9.77. The Morgan fingerprint density at radius 1 is 1.38 bits per heavy atom. The molecule has 1 atom stereocenters. The van der Waals surface area contributed by atoms with Crippen LogP contribution in [0.5, 0.6) is 0 Å². The standard InChI is InChI=1S/C13H18O3/c1-11(15)16-10-13(2,9-14)8-12-6-4-3-5-7-12/h3-7,14H,8-10H2,1-2H3/t13-/m1/s1. The molecule has 0 bridgehead atoms. The molecule has 1 rings (SSSR count). The number of benzene rings is 1. The number of hydrogen-bond acceptors (Lipinski definition) is 3. The van der Waals surface area contributed by atoms with Gasteiger partial charge in [0.2, 0.25) is 0 Å². The number of ether oxygens (including phenoxy) is 1. The van der Waals surface area contributed by atoms with Crippen LogP contribution in [0.15, 0.2) is 30.3 Å². The summed E-state index contributed by atoms with van der Waals surface area (Å²) in [6.07, 6.45) is 0.692. The molecule has 0 amide bonds. The Kier molecular flexibility index (Phi) is 4.50. The molecule has 0 aliphatic carbocycles. The number of esters is 1. The molecule has 1 N–H and O–H groups in total. The van der Waals surface area contributed by atoms with Gasteiger partial charge in [0.1, 0.15) is 0 Å². The Hall–Kier alpha value is -1.35. The Morgan fingerprint density at radius 3 is 2.50 bits per heavy atom. The number of carbonyl (C=O) groups is 1. The summed E-state index contributed by atoms with van der Waals surface area (Å²) in [5.41, 5.74) is 0.721. The second-order valence-corrected chi connectivity index (χ2v) is 4.41. The quantitative estimate of drug-likeness (QED) is 0.773. The topological polar surface area (TPSA) is 46.5 Å². The summed E-state index contributed by atoms with van der Waals surface area (Å²) in [6.45, 7) is 3.52. The summed E-state index contributed by atoms with van der Waals surface area (Å²) in [6, 6.07) is 9.87. The SMILES string of the molecule is CC(=O)OC[C@@](C)(CO)Cc1ccccc1. The summed E-state index contributed by atoms with van der Waals surface area (Å²) in [5.74, 6) is -0.312. The smallest absolute Gasteiger partial charge is 0.302 e. The average Bonchev–Trinajstić information content (AvgIpc) is 2.28. The van der Waals surface area contributed by atoms with E-state index in [1.807, 2.05) is 37.3 Å². The van der Waals surface area contributed by atoms with Crippen LogP contribution in [0, 0.1) is 5.41 Å². The monoisotopic (exact) mass is 222 g/mol. The maximum Gasteiger partial charge on any atom is 0.302 e. The van der Waals surface area contributed by atoms with Gasteiger partial charge in [-0.1, -0.05) is 37.3 Å². The van der Waals surface area contributed by atoms with Crippen LogP contribution >= 0.6 is 0 Å². The van der Waals surface area contributed by atoms with E-state index >= 15 is 0 Å². The predicted octanol–water partition coefficient (Wildman–Crippen LogP) is 1.79.